The molecule has 1 saturated heterocycles. The molecule has 10 heteroatoms. The minimum Gasteiger partial charge on any atom is -0.461 e. The van der Waals surface area contributed by atoms with Gasteiger partial charge in [-0.25, -0.2) is 23.4 Å². The number of pyridine rings is 1. The molecule has 3 rings (SSSR count). The van der Waals surface area contributed by atoms with Crippen LogP contribution in [-0.4, -0.2) is 60.7 Å². The highest BCUT2D eigenvalue weighted by molar-refractivity contribution is 5.91. The van der Waals surface area contributed by atoms with E-state index in [1.165, 1.54) is 0 Å². The molecule has 0 radical (unpaired) electrons. The molecular weight excluding hydrogens is 396 g/mol. The van der Waals surface area contributed by atoms with Gasteiger partial charge in [-0.05, 0) is 45.3 Å². The molecule has 0 saturated carbocycles. The number of likely N-dealkylation sites (N-methyl/N-ethyl adjacent to an activating group) is 1. The number of hydrazine groups is 1. The van der Waals surface area contributed by atoms with E-state index in [1.807, 2.05) is 25.9 Å². The fourth-order valence-electron chi connectivity index (χ4n) is 2.94. The molecule has 1 fully saturated rings. The molecule has 1 aromatic carbocycles. The molecule has 2 aromatic rings. The van der Waals surface area contributed by atoms with E-state index in [9.17, 15) is 18.4 Å². The summed E-state index contributed by atoms with van der Waals surface area (Å²) >= 11 is 0. The van der Waals surface area contributed by atoms with Crippen molar-refractivity contribution in [3.63, 3.8) is 0 Å². The Morgan fingerprint density at radius 3 is 2.63 bits per heavy atom. The number of aromatic nitrogens is 1. The van der Waals surface area contributed by atoms with E-state index in [1.54, 1.807) is 23.3 Å². The number of esters is 1. The lowest BCUT2D eigenvalue weighted by molar-refractivity contribution is 0.0478. The summed E-state index contributed by atoms with van der Waals surface area (Å²) in [5.41, 5.74) is 2.64. The molecule has 8 nitrogen and oxygen atoms in total. The first-order valence-electron chi connectivity index (χ1n) is 9.28. The quantitative estimate of drug-likeness (QED) is 0.529. The van der Waals surface area contributed by atoms with E-state index < -0.39 is 29.2 Å². The lowest BCUT2D eigenvalue weighted by Crippen LogP contribution is -2.37. The number of carbonyl (C=O) groups excluding carboxylic acids is 2. The van der Waals surface area contributed by atoms with Gasteiger partial charge in [-0.1, -0.05) is 0 Å². The van der Waals surface area contributed by atoms with Crippen molar-refractivity contribution in [1.29, 1.82) is 0 Å². The van der Waals surface area contributed by atoms with Crippen LogP contribution in [0.15, 0.2) is 36.5 Å². The Kier molecular flexibility index (Phi) is 6.28. The molecule has 2 heterocycles. The van der Waals surface area contributed by atoms with Gasteiger partial charge in [0, 0.05) is 31.0 Å². The van der Waals surface area contributed by atoms with Crippen LogP contribution in [0, 0.1) is 11.6 Å². The SMILES string of the molecule is CN(C)CCOC(=O)c1cccnc1C1(C)CN1NC(=O)Nc1cc(F)cc(F)c1. The third-order valence-electron chi connectivity index (χ3n) is 4.62. The number of hydrogen-bond donors (Lipinski definition) is 2. The molecule has 1 aliphatic heterocycles. The Morgan fingerprint density at radius 2 is 1.97 bits per heavy atom. The number of nitrogens with zero attached hydrogens (tertiary/aromatic N) is 3. The van der Waals surface area contributed by atoms with Crippen molar-refractivity contribution < 1.29 is 23.1 Å². The van der Waals surface area contributed by atoms with Crippen LogP contribution in [-0.2, 0) is 10.3 Å². The van der Waals surface area contributed by atoms with Gasteiger partial charge in [0.15, 0.2) is 0 Å². The first kappa shape index (κ1) is 21.6. The van der Waals surface area contributed by atoms with Crippen LogP contribution in [0.2, 0.25) is 0 Å². The molecule has 2 amide bonds. The van der Waals surface area contributed by atoms with Crippen LogP contribution in [0.3, 0.4) is 0 Å². The minimum atomic E-state index is -0.798. The second kappa shape index (κ2) is 8.72. The van der Waals surface area contributed by atoms with E-state index in [-0.39, 0.29) is 12.3 Å². The van der Waals surface area contributed by atoms with Crippen molar-refractivity contribution in [2.75, 3.05) is 39.1 Å². The second-order valence-electron chi connectivity index (χ2n) is 7.42. The molecule has 0 bridgehead atoms. The van der Waals surface area contributed by atoms with Crippen molar-refractivity contribution in [1.82, 2.24) is 20.3 Å². The van der Waals surface area contributed by atoms with Gasteiger partial charge in [-0.3, -0.25) is 10.4 Å². The number of halogens is 2. The number of urea groups is 1. The number of hydrogen-bond acceptors (Lipinski definition) is 6. The molecule has 160 valence electrons. The summed E-state index contributed by atoms with van der Waals surface area (Å²) in [4.78, 5) is 30.9. The molecule has 2 unspecified atom stereocenters. The Hall–Kier alpha value is -3.11. The fourth-order valence-corrected chi connectivity index (χ4v) is 2.94. The van der Waals surface area contributed by atoms with Crippen molar-refractivity contribution in [2.24, 2.45) is 0 Å². The first-order valence-corrected chi connectivity index (χ1v) is 9.28. The summed E-state index contributed by atoms with van der Waals surface area (Å²) in [7, 11) is 3.75. The number of benzene rings is 1. The van der Waals surface area contributed by atoms with E-state index in [2.05, 4.69) is 15.7 Å². The van der Waals surface area contributed by atoms with E-state index in [0.29, 0.717) is 30.4 Å². The zero-order chi connectivity index (χ0) is 21.9. The third-order valence-corrected chi connectivity index (χ3v) is 4.62. The van der Waals surface area contributed by atoms with Crippen molar-refractivity contribution >= 4 is 17.7 Å². The maximum Gasteiger partial charge on any atom is 0.340 e. The van der Waals surface area contributed by atoms with Gasteiger partial charge in [-0.15, -0.1) is 0 Å². The average molecular weight is 419 g/mol. The van der Waals surface area contributed by atoms with Gasteiger partial charge < -0.3 is 15.0 Å². The van der Waals surface area contributed by atoms with Crippen LogP contribution in [0.4, 0.5) is 19.3 Å². The van der Waals surface area contributed by atoms with E-state index in [0.717, 1.165) is 12.1 Å². The maximum atomic E-state index is 13.3. The zero-order valence-corrected chi connectivity index (χ0v) is 16.9. The number of rotatable bonds is 7. The Balaban J connectivity index is 1.65. The van der Waals surface area contributed by atoms with Crippen LogP contribution in [0.1, 0.15) is 23.0 Å². The summed E-state index contributed by atoms with van der Waals surface area (Å²) in [6.45, 7) is 3.04. The van der Waals surface area contributed by atoms with Crippen LogP contribution in [0.25, 0.3) is 0 Å². The lowest BCUT2D eigenvalue weighted by atomic mass is 10.0. The van der Waals surface area contributed by atoms with E-state index >= 15 is 0 Å². The van der Waals surface area contributed by atoms with Gasteiger partial charge in [0.25, 0.3) is 0 Å². The summed E-state index contributed by atoms with van der Waals surface area (Å²) in [6.07, 6.45) is 1.56. The van der Waals surface area contributed by atoms with Crippen LogP contribution in [0.5, 0.6) is 0 Å². The average Bonchev–Trinajstić information content (AvgIpc) is 3.30. The summed E-state index contributed by atoms with van der Waals surface area (Å²) < 4.78 is 31.9. The monoisotopic (exact) mass is 419 g/mol. The standard InChI is InChI=1S/C20H23F2N5O3/c1-20(17-16(5-4-6-23-17)18(28)30-8-7-26(2)3)12-27(20)25-19(29)24-15-10-13(21)9-14(22)11-15/h4-6,9-11H,7-8,12H2,1-3H3,(H2,24,25,29). The van der Waals surface area contributed by atoms with Gasteiger partial charge in [0.05, 0.1) is 16.8 Å². The molecule has 30 heavy (non-hydrogen) atoms. The lowest BCUT2D eigenvalue weighted by Gasteiger charge is -2.17. The van der Waals surface area contributed by atoms with Crippen LogP contribution >= 0.6 is 0 Å². The number of carbonyl (C=O) groups is 2. The molecule has 2 N–H and O–H groups in total. The highest BCUT2D eigenvalue weighted by Crippen LogP contribution is 2.40. The first-order chi connectivity index (χ1) is 14.2. The Morgan fingerprint density at radius 1 is 1.27 bits per heavy atom. The second-order valence-corrected chi connectivity index (χ2v) is 7.42. The predicted octanol–water partition coefficient (Wildman–Crippen LogP) is 2.35. The van der Waals surface area contributed by atoms with Gasteiger partial charge in [0.1, 0.15) is 18.2 Å². The van der Waals surface area contributed by atoms with Crippen LogP contribution < -0.4 is 10.7 Å². The number of nitrogens with one attached hydrogen (secondary N) is 2. The maximum absolute atomic E-state index is 13.3. The normalized spacial score (nSPS) is 20.0. The largest absolute Gasteiger partial charge is 0.461 e. The number of anilines is 1. The highest BCUT2D eigenvalue weighted by Gasteiger charge is 2.53. The van der Waals surface area contributed by atoms with Crippen molar-refractivity contribution in [3.05, 3.63) is 59.4 Å². The van der Waals surface area contributed by atoms with Gasteiger partial charge >= 0.3 is 12.0 Å². The summed E-state index contributed by atoms with van der Waals surface area (Å²) in [5.74, 6) is -2.09. The predicted molar refractivity (Wildman–Crippen MR) is 106 cm³/mol. The Bertz CT molecular complexity index is 936. The van der Waals surface area contributed by atoms with Gasteiger partial charge in [0.2, 0.25) is 0 Å². The molecule has 0 spiro atoms. The molecule has 1 aliphatic rings. The molecule has 1 aromatic heterocycles. The smallest absolute Gasteiger partial charge is 0.340 e. The molecule has 2 atom stereocenters. The fraction of sp³-hybridized carbons (Fsp3) is 0.350. The summed E-state index contributed by atoms with van der Waals surface area (Å²) in [6, 6.07) is 5.31. The number of amides is 2. The number of ether oxygens (including phenoxy) is 1. The summed E-state index contributed by atoms with van der Waals surface area (Å²) in [5, 5.41) is 3.94. The highest BCUT2D eigenvalue weighted by atomic mass is 19.1. The minimum absolute atomic E-state index is 0.0171. The van der Waals surface area contributed by atoms with Crippen molar-refractivity contribution in [2.45, 2.75) is 12.5 Å². The topological polar surface area (TPSA) is 86.6 Å². The van der Waals surface area contributed by atoms with Gasteiger partial charge in [-0.2, -0.15) is 0 Å². The zero-order valence-electron chi connectivity index (χ0n) is 16.9. The van der Waals surface area contributed by atoms with Crippen molar-refractivity contribution in [3.8, 4) is 0 Å². The Labute approximate surface area is 172 Å². The third kappa shape index (κ3) is 5.08. The molecule has 0 aliphatic carbocycles. The van der Waals surface area contributed by atoms with E-state index in [4.69, 9.17) is 4.74 Å². The molecular formula is C20H23F2N5O3.